The first kappa shape index (κ1) is 18.4. The third-order valence-electron chi connectivity index (χ3n) is 7.01. The average molecular weight is 363 g/mol. The molecular formula is C20H34N4O2. The minimum absolute atomic E-state index is 0.320. The summed E-state index contributed by atoms with van der Waals surface area (Å²) in [5.41, 5.74) is 0.320. The largest absolute Gasteiger partial charge is 0.384 e. The number of nitrogens with zero attached hydrogens (tertiary/aromatic N) is 4. The molecule has 1 aliphatic carbocycles. The van der Waals surface area contributed by atoms with E-state index in [9.17, 15) is 0 Å². The molecule has 0 amide bonds. The van der Waals surface area contributed by atoms with E-state index in [1.165, 1.54) is 32.2 Å². The second-order valence-corrected chi connectivity index (χ2v) is 8.52. The first-order valence-corrected chi connectivity index (χ1v) is 10.2. The molecule has 0 spiro atoms. The fourth-order valence-electron chi connectivity index (χ4n) is 5.53. The van der Waals surface area contributed by atoms with Crippen LogP contribution in [0.1, 0.15) is 31.5 Å². The van der Waals surface area contributed by atoms with Gasteiger partial charge in [-0.3, -0.25) is 9.80 Å². The molecule has 2 saturated heterocycles. The zero-order valence-electron chi connectivity index (χ0n) is 16.4. The van der Waals surface area contributed by atoms with Gasteiger partial charge in [0.2, 0.25) is 0 Å². The molecule has 1 aromatic rings. The monoisotopic (exact) mass is 362 g/mol. The lowest BCUT2D eigenvalue weighted by Gasteiger charge is -2.54. The summed E-state index contributed by atoms with van der Waals surface area (Å²) in [6.07, 6.45) is 9.15. The predicted octanol–water partition coefficient (Wildman–Crippen LogP) is 1.76. The van der Waals surface area contributed by atoms with E-state index in [0.717, 1.165) is 63.8 Å². The number of methoxy groups -OCH3 is 1. The topological polar surface area (TPSA) is 42.8 Å². The van der Waals surface area contributed by atoms with Gasteiger partial charge in [0, 0.05) is 57.6 Å². The van der Waals surface area contributed by atoms with Crippen LogP contribution in [0.25, 0.3) is 0 Å². The molecule has 1 saturated carbocycles. The molecule has 0 bridgehead atoms. The summed E-state index contributed by atoms with van der Waals surface area (Å²) < 4.78 is 13.4. The van der Waals surface area contributed by atoms with Gasteiger partial charge in [0.05, 0.1) is 26.4 Å². The SMILES string of the molecule is COC[C@@]12CC[C@@H](N3CCOCC3)C[C@H]1CCN(Cc1nccn1C)C2. The molecule has 0 unspecified atom stereocenters. The van der Waals surface area contributed by atoms with E-state index in [-0.39, 0.29) is 0 Å². The van der Waals surface area contributed by atoms with Gasteiger partial charge in [-0.05, 0) is 38.1 Å². The maximum absolute atomic E-state index is 5.75. The highest BCUT2D eigenvalue weighted by atomic mass is 16.5. The highest BCUT2D eigenvalue weighted by Gasteiger charge is 2.48. The van der Waals surface area contributed by atoms with Crippen LogP contribution in [0.15, 0.2) is 12.4 Å². The number of hydrogen-bond donors (Lipinski definition) is 0. The number of piperidine rings is 1. The molecule has 3 heterocycles. The Bertz CT molecular complexity index is 586. The van der Waals surface area contributed by atoms with Crippen molar-refractivity contribution in [2.45, 2.75) is 38.3 Å². The Morgan fingerprint density at radius 1 is 1.27 bits per heavy atom. The average Bonchev–Trinajstić information content (AvgIpc) is 3.07. The summed E-state index contributed by atoms with van der Waals surface area (Å²) in [6, 6.07) is 0.745. The maximum Gasteiger partial charge on any atom is 0.122 e. The van der Waals surface area contributed by atoms with E-state index in [1.807, 2.05) is 19.5 Å². The molecule has 3 aliphatic rings. The van der Waals surface area contributed by atoms with Crippen LogP contribution in [0, 0.1) is 11.3 Å². The lowest BCUT2D eigenvalue weighted by atomic mass is 9.62. The summed E-state index contributed by atoms with van der Waals surface area (Å²) >= 11 is 0. The number of fused-ring (bicyclic) bond motifs is 1. The smallest absolute Gasteiger partial charge is 0.122 e. The Hall–Kier alpha value is -0.950. The molecule has 146 valence electrons. The Kier molecular flexibility index (Phi) is 5.64. The van der Waals surface area contributed by atoms with Crippen molar-refractivity contribution in [2.24, 2.45) is 18.4 Å². The molecule has 2 aliphatic heterocycles. The van der Waals surface area contributed by atoms with Crippen LogP contribution < -0.4 is 0 Å². The molecular weight excluding hydrogens is 328 g/mol. The molecule has 4 rings (SSSR count). The molecule has 0 radical (unpaired) electrons. The number of morpholine rings is 1. The van der Waals surface area contributed by atoms with E-state index < -0.39 is 0 Å². The van der Waals surface area contributed by atoms with Crippen molar-refractivity contribution in [3.05, 3.63) is 18.2 Å². The number of imidazole rings is 1. The van der Waals surface area contributed by atoms with Gasteiger partial charge >= 0.3 is 0 Å². The van der Waals surface area contributed by atoms with Crippen molar-refractivity contribution in [3.8, 4) is 0 Å². The van der Waals surface area contributed by atoms with Crippen LogP contribution >= 0.6 is 0 Å². The van der Waals surface area contributed by atoms with Gasteiger partial charge in [0.15, 0.2) is 0 Å². The number of aromatic nitrogens is 2. The van der Waals surface area contributed by atoms with Gasteiger partial charge < -0.3 is 14.0 Å². The summed E-state index contributed by atoms with van der Waals surface area (Å²) in [7, 11) is 3.96. The van der Waals surface area contributed by atoms with Crippen molar-refractivity contribution in [2.75, 3.05) is 53.1 Å². The van der Waals surface area contributed by atoms with Crippen molar-refractivity contribution in [3.63, 3.8) is 0 Å². The molecule has 3 atom stereocenters. The summed E-state index contributed by atoms with van der Waals surface area (Å²) in [4.78, 5) is 9.81. The van der Waals surface area contributed by atoms with Crippen molar-refractivity contribution in [1.82, 2.24) is 19.4 Å². The van der Waals surface area contributed by atoms with Gasteiger partial charge in [-0.1, -0.05) is 0 Å². The number of hydrogen-bond acceptors (Lipinski definition) is 5. The standard InChI is InChI=1S/C20H34N4O2/c1-22-8-6-21-19(22)14-23-7-4-17-13-18(24-9-11-26-12-10-24)3-5-20(17,15-23)16-25-2/h6,8,17-18H,3-5,7,9-16H2,1-2H3/t17-,18-,20+/m1/s1. The number of rotatable bonds is 5. The Balaban J connectivity index is 1.43. The van der Waals surface area contributed by atoms with Crippen LogP contribution in [0.5, 0.6) is 0 Å². The molecule has 6 heteroatoms. The van der Waals surface area contributed by atoms with E-state index >= 15 is 0 Å². The fourth-order valence-corrected chi connectivity index (χ4v) is 5.53. The lowest BCUT2D eigenvalue weighted by Crippen LogP contribution is -2.57. The van der Waals surface area contributed by atoms with Crippen LogP contribution in [-0.4, -0.2) is 78.5 Å². The van der Waals surface area contributed by atoms with Crippen LogP contribution in [-0.2, 0) is 23.1 Å². The Labute approximate surface area is 157 Å². The van der Waals surface area contributed by atoms with E-state index in [0.29, 0.717) is 5.41 Å². The van der Waals surface area contributed by atoms with Gasteiger partial charge in [-0.25, -0.2) is 4.98 Å². The highest BCUT2D eigenvalue weighted by molar-refractivity contribution is 5.01. The van der Waals surface area contributed by atoms with Gasteiger partial charge in [0.25, 0.3) is 0 Å². The number of aryl methyl sites for hydroxylation is 1. The molecule has 6 nitrogen and oxygen atoms in total. The van der Waals surface area contributed by atoms with Crippen molar-refractivity contribution >= 4 is 0 Å². The maximum atomic E-state index is 5.75. The van der Waals surface area contributed by atoms with Crippen LogP contribution in [0.4, 0.5) is 0 Å². The van der Waals surface area contributed by atoms with Crippen LogP contribution in [0.3, 0.4) is 0 Å². The quantitative estimate of drug-likeness (QED) is 0.799. The molecule has 1 aromatic heterocycles. The second-order valence-electron chi connectivity index (χ2n) is 8.52. The third kappa shape index (κ3) is 3.70. The fraction of sp³-hybridized carbons (Fsp3) is 0.850. The molecule has 26 heavy (non-hydrogen) atoms. The lowest BCUT2D eigenvalue weighted by molar-refractivity contribution is -0.0875. The number of ether oxygens (including phenoxy) is 2. The Morgan fingerprint density at radius 3 is 2.85 bits per heavy atom. The first-order chi connectivity index (χ1) is 12.7. The van der Waals surface area contributed by atoms with Crippen molar-refractivity contribution in [1.29, 1.82) is 0 Å². The zero-order chi connectivity index (χ0) is 18.0. The van der Waals surface area contributed by atoms with Gasteiger partial charge in [0.1, 0.15) is 5.82 Å². The summed E-state index contributed by atoms with van der Waals surface area (Å²) in [5, 5.41) is 0. The summed E-state index contributed by atoms with van der Waals surface area (Å²) in [6.45, 7) is 8.20. The van der Waals surface area contributed by atoms with Gasteiger partial charge in [-0.15, -0.1) is 0 Å². The van der Waals surface area contributed by atoms with Crippen molar-refractivity contribution < 1.29 is 9.47 Å². The second kappa shape index (κ2) is 7.97. The first-order valence-electron chi connectivity index (χ1n) is 10.2. The predicted molar refractivity (Wildman–Crippen MR) is 101 cm³/mol. The highest BCUT2D eigenvalue weighted by Crippen LogP contribution is 2.48. The van der Waals surface area contributed by atoms with E-state index in [4.69, 9.17) is 9.47 Å². The minimum atomic E-state index is 0.320. The molecule has 0 aromatic carbocycles. The normalized spacial score (nSPS) is 33.9. The van der Waals surface area contributed by atoms with E-state index in [2.05, 4.69) is 26.4 Å². The minimum Gasteiger partial charge on any atom is -0.384 e. The molecule has 3 fully saturated rings. The summed E-state index contributed by atoms with van der Waals surface area (Å²) in [5.74, 6) is 1.94. The Morgan fingerprint density at radius 2 is 2.12 bits per heavy atom. The zero-order valence-corrected chi connectivity index (χ0v) is 16.4. The molecule has 0 N–H and O–H groups in total. The number of likely N-dealkylation sites (tertiary alicyclic amines) is 1. The third-order valence-corrected chi connectivity index (χ3v) is 7.01. The van der Waals surface area contributed by atoms with Crippen LogP contribution in [0.2, 0.25) is 0 Å². The van der Waals surface area contributed by atoms with E-state index in [1.54, 1.807) is 0 Å². The van der Waals surface area contributed by atoms with Gasteiger partial charge in [-0.2, -0.15) is 0 Å².